The molecule has 1 rings (SSSR count). The van der Waals surface area contributed by atoms with Crippen molar-refractivity contribution >= 4 is 6.98 Å². The predicted octanol–water partition coefficient (Wildman–Crippen LogP) is 3.93. The number of hydrogen-bond donors (Lipinski definition) is 0. The Balaban J connectivity index is 0.000000396. The van der Waals surface area contributed by atoms with Crippen LogP contribution < -0.4 is 0 Å². The third kappa shape index (κ3) is 5.91. The number of likely N-dealkylation sites (tertiary alicyclic amines) is 1. The van der Waals surface area contributed by atoms with Crippen LogP contribution in [0.4, 0.5) is 26.1 Å². The lowest BCUT2D eigenvalue weighted by molar-refractivity contribution is -0.954. The van der Waals surface area contributed by atoms with Gasteiger partial charge in [0.2, 0.25) is 0 Å². The zero-order chi connectivity index (χ0) is 16.0. The first-order chi connectivity index (χ1) is 8.96. The van der Waals surface area contributed by atoms with Gasteiger partial charge in [-0.05, 0) is 20.8 Å². The molecule has 0 atom stereocenters. The molecule has 0 aromatic rings. The molecule has 0 unspecified atom stereocenters. The summed E-state index contributed by atoms with van der Waals surface area (Å²) in [7, 11) is 0. The molecule has 1 fully saturated rings. The second-order valence-corrected chi connectivity index (χ2v) is 5.20. The Morgan fingerprint density at radius 2 is 1.50 bits per heavy atom. The van der Waals surface area contributed by atoms with Gasteiger partial charge in [-0.15, -0.1) is 0 Å². The van der Waals surface area contributed by atoms with Gasteiger partial charge < -0.3 is 17.7 Å². The maximum Gasteiger partial charge on any atom is 0.583 e. The summed E-state index contributed by atoms with van der Waals surface area (Å²) in [5.74, 6) is 0. The van der Waals surface area contributed by atoms with Crippen LogP contribution >= 0.6 is 0 Å². The fourth-order valence-electron chi connectivity index (χ4n) is 2.03. The number of halogens is 6. The third-order valence-corrected chi connectivity index (χ3v) is 3.48. The lowest BCUT2D eigenvalue weighted by Crippen LogP contribution is -2.52. The van der Waals surface area contributed by atoms with Crippen molar-refractivity contribution in [2.24, 2.45) is 0 Å². The molecule has 1 saturated heterocycles. The van der Waals surface area contributed by atoms with Crippen LogP contribution in [0.2, 0.25) is 0 Å². The summed E-state index contributed by atoms with van der Waals surface area (Å²) in [4.78, 5) is 0. The van der Waals surface area contributed by atoms with Crippen LogP contribution in [0, 0.1) is 0 Å². The zero-order valence-corrected chi connectivity index (χ0v) is 12.0. The number of hydrogen-bond acceptors (Lipinski definition) is 1. The van der Waals surface area contributed by atoms with Crippen LogP contribution in [-0.4, -0.2) is 50.0 Å². The average Bonchev–Trinajstić information content (AvgIpc) is 2.74. The summed E-state index contributed by atoms with van der Waals surface area (Å²) < 4.78 is 69.6. The first-order valence-electron chi connectivity index (χ1n) is 6.66. The molecule has 0 aromatic heterocycles. The molecule has 0 amide bonds. The highest BCUT2D eigenvalue weighted by atomic mass is 19.4. The molecule has 122 valence electrons. The number of quaternary nitrogens is 1. The van der Waals surface area contributed by atoms with Gasteiger partial charge in [0.1, 0.15) is 0 Å². The van der Waals surface area contributed by atoms with Crippen LogP contribution in [0.25, 0.3) is 0 Å². The van der Waals surface area contributed by atoms with Gasteiger partial charge in [-0.1, -0.05) is 0 Å². The van der Waals surface area contributed by atoms with Gasteiger partial charge in [0, 0.05) is 19.4 Å². The van der Waals surface area contributed by atoms with Gasteiger partial charge in [0.15, 0.2) is 6.73 Å². The smallest absolute Gasteiger partial charge is 0.443 e. The van der Waals surface area contributed by atoms with E-state index < -0.39 is 13.1 Å². The number of alkyl halides is 3. The van der Waals surface area contributed by atoms with E-state index >= 15 is 0 Å². The molecule has 0 bridgehead atoms. The van der Waals surface area contributed by atoms with Crippen molar-refractivity contribution in [2.45, 2.75) is 45.7 Å². The van der Waals surface area contributed by atoms with Crippen LogP contribution in [0.3, 0.4) is 0 Å². The molecule has 20 heavy (non-hydrogen) atoms. The standard InChI is InChI=1S/C10H22NO.CBF6/c1-4-12-9-11(10(2)3)7-5-6-8-11;3-1(4,5)2(6,7)8/h10H,4-9H2,1-3H3;/q+1;-1. The molecule has 0 spiro atoms. The number of nitrogens with zero attached hydrogens (tertiary/aromatic N) is 1. The fraction of sp³-hybridized carbons (Fsp3) is 1.00. The molecule has 1 heterocycles. The molecule has 2 nitrogen and oxygen atoms in total. The second-order valence-electron chi connectivity index (χ2n) is 5.20. The molecule has 0 saturated carbocycles. The Bertz CT molecular complexity index is 261. The maximum atomic E-state index is 10.5. The minimum Gasteiger partial charge on any atom is -0.443 e. The average molecular weight is 309 g/mol. The molecule has 0 radical (unpaired) electrons. The number of rotatable bonds is 4. The van der Waals surface area contributed by atoms with E-state index in [0.717, 1.165) is 19.4 Å². The molecule has 0 aromatic carbocycles. The fourth-order valence-corrected chi connectivity index (χ4v) is 2.03. The first kappa shape index (κ1) is 19.6. The number of ether oxygens (including phenoxy) is 1. The van der Waals surface area contributed by atoms with Crippen molar-refractivity contribution in [3.05, 3.63) is 0 Å². The van der Waals surface area contributed by atoms with E-state index in [2.05, 4.69) is 20.8 Å². The molecular formula is C11H22BF6NO. The molecule has 9 heteroatoms. The van der Waals surface area contributed by atoms with Crippen molar-refractivity contribution in [1.29, 1.82) is 0 Å². The quantitative estimate of drug-likeness (QED) is 0.434. The van der Waals surface area contributed by atoms with Crippen molar-refractivity contribution < 1.29 is 35.3 Å². The molecule has 0 N–H and O–H groups in total. The monoisotopic (exact) mass is 309 g/mol. The van der Waals surface area contributed by atoms with Gasteiger partial charge in [0.05, 0.1) is 19.1 Å². The van der Waals surface area contributed by atoms with Crippen LogP contribution in [0.15, 0.2) is 0 Å². The Kier molecular flexibility index (Phi) is 7.37. The molecular weight excluding hydrogens is 287 g/mol. The lowest BCUT2D eigenvalue weighted by Gasteiger charge is -2.37. The Morgan fingerprint density at radius 3 is 1.75 bits per heavy atom. The van der Waals surface area contributed by atoms with Gasteiger partial charge in [-0.25, -0.2) is 13.2 Å². The summed E-state index contributed by atoms with van der Waals surface area (Å²) >= 11 is 0. The predicted molar refractivity (Wildman–Crippen MR) is 66.0 cm³/mol. The van der Waals surface area contributed by atoms with Crippen molar-refractivity contribution in [3.63, 3.8) is 0 Å². The van der Waals surface area contributed by atoms with Crippen molar-refractivity contribution in [1.82, 2.24) is 0 Å². The lowest BCUT2D eigenvalue weighted by atomic mass is 9.92. The normalized spacial score (nSPS) is 18.9. The van der Waals surface area contributed by atoms with E-state index in [1.165, 1.54) is 30.4 Å². The van der Waals surface area contributed by atoms with E-state index in [4.69, 9.17) is 4.74 Å². The van der Waals surface area contributed by atoms with Crippen LogP contribution in [0.5, 0.6) is 0 Å². The van der Waals surface area contributed by atoms with Crippen LogP contribution in [-0.2, 0) is 4.74 Å². The summed E-state index contributed by atoms with van der Waals surface area (Å²) in [6, 6.07) is 0.721. The van der Waals surface area contributed by atoms with Crippen molar-refractivity contribution in [2.75, 3.05) is 26.4 Å². The Morgan fingerprint density at radius 1 is 1.10 bits per heavy atom. The topological polar surface area (TPSA) is 9.23 Å². The van der Waals surface area contributed by atoms with E-state index in [-0.39, 0.29) is 0 Å². The highest BCUT2D eigenvalue weighted by Gasteiger charge is 2.53. The molecule has 1 aliphatic rings. The SMILES string of the molecule is CCOC[N+]1(C(C)C)CCCC1.F[B-](F)(F)C(F)(F)F. The Labute approximate surface area is 115 Å². The minimum absolute atomic E-state index is 0.721. The van der Waals surface area contributed by atoms with E-state index in [1.54, 1.807) is 0 Å². The highest BCUT2D eigenvalue weighted by Crippen LogP contribution is 2.31. The van der Waals surface area contributed by atoms with E-state index in [0.29, 0.717) is 0 Å². The van der Waals surface area contributed by atoms with Crippen LogP contribution in [0.1, 0.15) is 33.6 Å². The Hall–Kier alpha value is -0.435. The first-order valence-corrected chi connectivity index (χ1v) is 6.66. The summed E-state index contributed by atoms with van der Waals surface area (Å²) in [6.07, 6.45) is -3.24. The third-order valence-electron chi connectivity index (χ3n) is 3.48. The maximum absolute atomic E-state index is 10.5. The second kappa shape index (κ2) is 7.54. The van der Waals surface area contributed by atoms with E-state index in [9.17, 15) is 26.1 Å². The minimum atomic E-state index is -6.65. The van der Waals surface area contributed by atoms with E-state index in [1.807, 2.05) is 0 Å². The summed E-state index contributed by atoms with van der Waals surface area (Å²) in [5.41, 5.74) is 0. The van der Waals surface area contributed by atoms with Gasteiger partial charge in [-0.2, -0.15) is 0 Å². The zero-order valence-electron chi connectivity index (χ0n) is 12.0. The molecule has 1 aliphatic heterocycles. The van der Waals surface area contributed by atoms with Gasteiger partial charge in [-0.3, -0.25) is 4.48 Å². The highest BCUT2D eigenvalue weighted by molar-refractivity contribution is 6.60. The molecule has 0 aliphatic carbocycles. The van der Waals surface area contributed by atoms with Crippen molar-refractivity contribution in [3.8, 4) is 0 Å². The van der Waals surface area contributed by atoms with Gasteiger partial charge >= 0.3 is 13.1 Å². The summed E-state index contributed by atoms with van der Waals surface area (Å²) in [6.45, 7) is 4.46. The van der Waals surface area contributed by atoms with Gasteiger partial charge in [0.25, 0.3) is 0 Å². The largest absolute Gasteiger partial charge is 0.583 e. The summed E-state index contributed by atoms with van der Waals surface area (Å²) in [5, 5.41) is 0.